The normalized spacial score (nSPS) is 23.2. The Bertz CT molecular complexity index is 1100. The van der Waals surface area contributed by atoms with Crippen LogP contribution in [0.25, 0.3) is 0 Å². The van der Waals surface area contributed by atoms with Crippen LogP contribution in [0, 0.1) is 17.1 Å². The van der Waals surface area contributed by atoms with Gasteiger partial charge in [-0.25, -0.2) is 4.39 Å². The third-order valence-corrected chi connectivity index (χ3v) is 6.66. The maximum absolute atomic E-state index is 14.4. The first-order valence-electron chi connectivity index (χ1n) is 9.24. The summed E-state index contributed by atoms with van der Waals surface area (Å²) in [6.07, 6.45) is -0.108. The minimum absolute atomic E-state index is 0.108. The minimum Gasteiger partial charge on any atom is -0.493 e. The lowest BCUT2D eigenvalue weighted by molar-refractivity contribution is -0.149. The fourth-order valence-electron chi connectivity index (χ4n) is 3.95. The quantitative estimate of drug-likeness (QED) is 0.806. The van der Waals surface area contributed by atoms with E-state index in [1.165, 1.54) is 36.9 Å². The molecule has 8 heteroatoms. The average Bonchev–Trinajstić information content (AvgIpc) is 3.12. The van der Waals surface area contributed by atoms with Gasteiger partial charge in [-0.1, -0.05) is 24.3 Å². The van der Waals surface area contributed by atoms with Crippen molar-refractivity contribution in [3.05, 3.63) is 70.0 Å². The molecule has 2 heterocycles. The maximum atomic E-state index is 14.4. The number of allylic oxidation sites excluding steroid dienone is 1. The summed E-state index contributed by atoms with van der Waals surface area (Å²) >= 11 is 1.21. The first-order chi connectivity index (χ1) is 14.4. The molecule has 2 aromatic carbocycles. The van der Waals surface area contributed by atoms with E-state index in [1.807, 2.05) is 0 Å². The van der Waals surface area contributed by atoms with Gasteiger partial charge in [-0.3, -0.25) is 9.69 Å². The fraction of sp³-hybridized carbons (Fsp3) is 0.273. The largest absolute Gasteiger partial charge is 0.493 e. The van der Waals surface area contributed by atoms with E-state index in [0.29, 0.717) is 27.7 Å². The molecule has 0 spiro atoms. The van der Waals surface area contributed by atoms with Gasteiger partial charge in [-0.05, 0) is 23.8 Å². The summed E-state index contributed by atoms with van der Waals surface area (Å²) in [7, 11) is 2.99. The summed E-state index contributed by atoms with van der Waals surface area (Å²) in [5.41, 5.74) is -0.630. The molecule has 2 aliphatic rings. The molecule has 1 saturated heterocycles. The fourth-order valence-corrected chi connectivity index (χ4v) is 5.31. The van der Waals surface area contributed by atoms with Gasteiger partial charge in [0.25, 0.3) is 0 Å². The lowest BCUT2D eigenvalue weighted by Gasteiger charge is -2.38. The molecule has 154 valence electrons. The Morgan fingerprint density at radius 3 is 2.63 bits per heavy atom. The average molecular weight is 426 g/mol. The molecule has 1 fully saturated rings. The SMILES string of the molecule is COc1ccc(C2(O)CSC3=C(C#N)C(c4ccccc4F)CC(=O)N32)cc1OC. The number of fused-ring (bicyclic) bond motifs is 1. The van der Waals surface area contributed by atoms with E-state index in [1.54, 1.807) is 36.4 Å². The number of hydrogen-bond acceptors (Lipinski definition) is 6. The van der Waals surface area contributed by atoms with Crippen molar-refractivity contribution in [2.75, 3.05) is 20.0 Å². The van der Waals surface area contributed by atoms with Gasteiger partial charge in [0.1, 0.15) is 5.82 Å². The van der Waals surface area contributed by atoms with Crippen LogP contribution in [0.3, 0.4) is 0 Å². The Kier molecular flexibility index (Phi) is 5.18. The van der Waals surface area contributed by atoms with Crippen molar-refractivity contribution in [2.45, 2.75) is 18.1 Å². The molecule has 4 rings (SSSR count). The molecule has 0 saturated carbocycles. The van der Waals surface area contributed by atoms with Crippen molar-refractivity contribution in [2.24, 2.45) is 0 Å². The Labute approximate surface area is 177 Å². The van der Waals surface area contributed by atoms with Gasteiger partial charge >= 0.3 is 0 Å². The highest BCUT2D eigenvalue weighted by atomic mass is 32.2. The molecule has 1 N–H and O–H groups in total. The topological polar surface area (TPSA) is 82.8 Å². The number of benzene rings is 2. The number of nitrogens with zero attached hydrogens (tertiary/aromatic N) is 2. The molecule has 0 radical (unpaired) electrons. The molecule has 0 aromatic heterocycles. The number of aliphatic hydroxyl groups is 1. The minimum atomic E-state index is -1.65. The number of halogens is 1. The zero-order chi connectivity index (χ0) is 21.5. The van der Waals surface area contributed by atoms with Crippen LogP contribution in [0.1, 0.15) is 23.5 Å². The number of nitriles is 1. The van der Waals surface area contributed by atoms with Crippen LogP contribution in [-0.2, 0) is 10.5 Å². The molecule has 0 bridgehead atoms. The van der Waals surface area contributed by atoms with Crippen LogP contribution in [0.2, 0.25) is 0 Å². The van der Waals surface area contributed by atoms with Crippen LogP contribution in [0.5, 0.6) is 11.5 Å². The Hall–Kier alpha value is -3.02. The number of amides is 1. The second-order valence-corrected chi connectivity index (χ2v) is 7.98. The summed E-state index contributed by atoms with van der Waals surface area (Å²) in [6.45, 7) is 0. The zero-order valence-corrected chi connectivity index (χ0v) is 17.2. The van der Waals surface area contributed by atoms with E-state index in [9.17, 15) is 19.6 Å². The van der Waals surface area contributed by atoms with E-state index in [2.05, 4.69) is 6.07 Å². The highest BCUT2D eigenvalue weighted by Crippen LogP contribution is 2.52. The summed E-state index contributed by atoms with van der Waals surface area (Å²) in [6, 6.07) is 13.2. The van der Waals surface area contributed by atoms with Crippen LogP contribution in [-0.4, -0.2) is 35.9 Å². The highest BCUT2D eigenvalue weighted by Gasteiger charge is 2.52. The van der Waals surface area contributed by atoms with E-state index in [-0.39, 0.29) is 23.7 Å². The lowest BCUT2D eigenvalue weighted by atomic mass is 9.85. The maximum Gasteiger partial charge on any atom is 0.231 e. The number of hydrogen-bond donors (Lipinski definition) is 1. The van der Waals surface area contributed by atoms with Gasteiger partial charge in [-0.15, -0.1) is 11.8 Å². The molecular weight excluding hydrogens is 407 g/mol. The summed E-state index contributed by atoms with van der Waals surface area (Å²) in [4.78, 5) is 14.4. The van der Waals surface area contributed by atoms with Gasteiger partial charge in [0, 0.05) is 17.9 Å². The smallest absolute Gasteiger partial charge is 0.231 e. The zero-order valence-electron chi connectivity index (χ0n) is 16.4. The third-order valence-electron chi connectivity index (χ3n) is 5.44. The molecule has 6 nitrogen and oxygen atoms in total. The molecule has 2 atom stereocenters. The van der Waals surface area contributed by atoms with Crippen LogP contribution in [0.15, 0.2) is 53.1 Å². The Balaban J connectivity index is 1.81. The summed E-state index contributed by atoms with van der Waals surface area (Å²) in [5.74, 6) is -0.475. The van der Waals surface area contributed by atoms with Crippen molar-refractivity contribution < 1.29 is 23.8 Å². The second kappa shape index (κ2) is 7.67. The third kappa shape index (κ3) is 3.02. The van der Waals surface area contributed by atoms with E-state index in [0.717, 1.165) is 0 Å². The van der Waals surface area contributed by atoms with Crippen molar-refractivity contribution in [3.8, 4) is 17.6 Å². The molecule has 0 aliphatic carbocycles. The Morgan fingerprint density at radius 1 is 1.23 bits per heavy atom. The predicted octanol–water partition coefficient (Wildman–Crippen LogP) is 3.49. The summed E-state index contributed by atoms with van der Waals surface area (Å²) in [5, 5.41) is 21.7. The number of carbonyl (C=O) groups is 1. The molecule has 1 amide bonds. The lowest BCUT2D eigenvalue weighted by Crippen LogP contribution is -2.48. The van der Waals surface area contributed by atoms with Crippen molar-refractivity contribution in [1.82, 2.24) is 4.90 Å². The van der Waals surface area contributed by atoms with Crippen LogP contribution >= 0.6 is 11.8 Å². The van der Waals surface area contributed by atoms with Crippen molar-refractivity contribution >= 4 is 17.7 Å². The number of thioether (sulfide) groups is 1. The van der Waals surface area contributed by atoms with Crippen molar-refractivity contribution in [1.29, 1.82) is 5.26 Å². The number of ether oxygens (including phenoxy) is 2. The highest BCUT2D eigenvalue weighted by molar-refractivity contribution is 8.03. The monoisotopic (exact) mass is 426 g/mol. The standard InChI is InChI=1S/C22H19FN2O4S/c1-28-18-8-7-13(9-19(18)29-2)22(27)12-30-21-16(11-24)15(10-20(26)25(21)22)14-5-3-4-6-17(14)23/h3-9,15,27H,10,12H2,1-2H3. The van der Waals surface area contributed by atoms with Gasteiger partial charge in [0.05, 0.1) is 36.6 Å². The first kappa shape index (κ1) is 20.3. The van der Waals surface area contributed by atoms with Gasteiger partial charge in [-0.2, -0.15) is 5.26 Å². The molecule has 2 aliphatic heterocycles. The van der Waals surface area contributed by atoms with Gasteiger partial charge in [0.15, 0.2) is 17.2 Å². The predicted molar refractivity (Wildman–Crippen MR) is 109 cm³/mol. The van der Waals surface area contributed by atoms with E-state index < -0.39 is 17.5 Å². The van der Waals surface area contributed by atoms with Crippen LogP contribution in [0.4, 0.5) is 4.39 Å². The first-order valence-corrected chi connectivity index (χ1v) is 10.2. The van der Waals surface area contributed by atoms with Gasteiger partial charge < -0.3 is 14.6 Å². The summed E-state index contributed by atoms with van der Waals surface area (Å²) < 4.78 is 25.0. The number of carbonyl (C=O) groups excluding carboxylic acids is 1. The van der Waals surface area contributed by atoms with E-state index in [4.69, 9.17) is 9.47 Å². The molecule has 2 aromatic rings. The van der Waals surface area contributed by atoms with E-state index >= 15 is 0 Å². The Morgan fingerprint density at radius 2 is 1.97 bits per heavy atom. The molecule has 30 heavy (non-hydrogen) atoms. The van der Waals surface area contributed by atoms with Gasteiger partial charge in [0.2, 0.25) is 5.91 Å². The van der Waals surface area contributed by atoms with Crippen molar-refractivity contribution in [3.63, 3.8) is 0 Å². The number of methoxy groups -OCH3 is 2. The second-order valence-electron chi connectivity index (χ2n) is 7.01. The molecular formula is C22H19FN2O4S. The number of rotatable bonds is 4. The molecule has 2 unspecified atom stereocenters. The van der Waals surface area contributed by atoms with Crippen LogP contribution < -0.4 is 9.47 Å².